The van der Waals surface area contributed by atoms with Gasteiger partial charge in [0.2, 0.25) is 0 Å². The molecule has 0 unspecified atom stereocenters. The molecule has 2 rings (SSSR count). The van der Waals surface area contributed by atoms with Crippen molar-refractivity contribution in [2.24, 2.45) is 0 Å². The molecule has 128 valence electrons. The van der Waals surface area contributed by atoms with Gasteiger partial charge in [-0.15, -0.1) is 0 Å². The Kier molecular flexibility index (Phi) is 4.17. The van der Waals surface area contributed by atoms with Crippen LogP contribution in [0.4, 0.5) is 32.0 Å². The first kappa shape index (κ1) is 17.6. The van der Waals surface area contributed by atoms with E-state index in [1.165, 1.54) is 0 Å². The molecule has 0 heterocycles. The molecule has 0 saturated carbocycles. The highest BCUT2D eigenvalue weighted by Crippen LogP contribution is 2.46. The second-order valence-electron chi connectivity index (χ2n) is 4.72. The van der Waals surface area contributed by atoms with E-state index in [0.717, 1.165) is 18.2 Å². The maximum Gasteiger partial charge on any atom is 0.417 e. The highest BCUT2D eigenvalue weighted by atomic mass is 19.4. The zero-order valence-electron chi connectivity index (χ0n) is 11.4. The van der Waals surface area contributed by atoms with E-state index in [1.54, 1.807) is 0 Å². The molecule has 0 radical (unpaired) electrons. The minimum absolute atomic E-state index is 0.0363. The molecule has 0 aliphatic heterocycles. The van der Waals surface area contributed by atoms with E-state index in [0.29, 0.717) is 6.07 Å². The molecule has 10 heteroatoms. The predicted molar refractivity (Wildman–Crippen MR) is 70.2 cm³/mol. The van der Waals surface area contributed by atoms with Crippen LogP contribution in [-0.4, -0.2) is 10.0 Å². The first-order chi connectivity index (χ1) is 10.9. The van der Waals surface area contributed by atoms with Gasteiger partial charge in [-0.1, -0.05) is 12.1 Å². The smallest absolute Gasteiger partial charge is 0.417 e. The number of nitro groups is 1. The lowest BCUT2D eigenvalue weighted by Gasteiger charge is -2.19. The van der Waals surface area contributed by atoms with Gasteiger partial charge in [0.25, 0.3) is 5.69 Å². The maximum absolute atomic E-state index is 13.2. The minimum Gasteiger partial charge on any atom is -0.508 e. The number of hydrogen-bond donors (Lipinski definition) is 1. The van der Waals surface area contributed by atoms with Crippen LogP contribution in [0.15, 0.2) is 36.4 Å². The summed E-state index contributed by atoms with van der Waals surface area (Å²) in [6, 6.07) is 3.85. The lowest BCUT2D eigenvalue weighted by atomic mass is 9.92. The zero-order valence-corrected chi connectivity index (χ0v) is 11.4. The summed E-state index contributed by atoms with van der Waals surface area (Å²) in [4.78, 5) is 9.36. The summed E-state index contributed by atoms with van der Waals surface area (Å²) in [5, 5.41) is 20.0. The van der Waals surface area contributed by atoms with Gasteiger partial charge in [0, 0.05) is 17.7 Å². The van der Waals surface area contributed by atoms with E-state index in [2.05, 4.69) is 0 Å². The summed E-state index contributed by atoms with van der Waals surface area (Å²) in [5.74, 6) is -0.549. The quantitative estimate of drug-likeness (QED) is 0.470. The maximum atomic E-state index is 13.2. The van der Waals surface area contributed by atoms with E-state index in [9.17, 15) is 41.6 Å². The number of nitro benzene ring substituents is 1. The molecule has 0 fully saturated rings. The van der Waals surface area contributed by atoms with Crippen molar-refractivity contribution in [3.05, 3.63) is 57.6 Å². The van der Waals surface area contributed by atoms with Gasteiger partial charge in [0.05, 0.1) is 16.1 Å². The monoisotopic (exact) mass is 351 g/mol. The minimum atomic E-state index is -5.27. The fraction of sp³-hybridized carbons (Fsp3) is 0.143. The van der Waals surface area contributed by atoms with Crippen LogP contribution in [0, 0.1) is 10.1 Å². The topological polar surface area (TPSA) is 63.4 Å². The first-order valence-corrected chi connectivity index (χ1v) is 6.17. The van der Waals surface area contributed by atoms with E-state index in [-0.39, 0.29) is 12.1 Å². The van der Waals surface area contributed by atoms with E-state index < -0.39 is 51.0 Å². The number of hydrogen-bond acceptors (Lipinski definition) is 3. The van der Waals surface area contributed by atoms with Crippen molar-refractivity contribution in [1.29, 1.82) is 0 Å². The lowest BCUT2D eigenvalue weighted by molar-refractivity contribution is -0.385. The second-order valence-corrected chi connectivity index (χ2v) is 4.72. The molecular formula is C14H7F6NO3. The lowest BCUT2D eigenvalue weighted by Crippen LogP contribution is -2.15. The summed E-state index contributed by atoms with van der Waals surface area (Å²) in [6.07, 6.45) is -10.5. The van der Waals surface area contributed by atoms with Crippen molar-refractivity contribution in [1.82, 2.24) is 0 Å². The van der Waals surface area contributed by atoms with Crippen LogP contribution in [0.1, 0.15) is 11.1 Å². The second kappa shape index (κ2) is 5.69. The van der Waals surface area contributed by atoms with Crippen LogP contribution in [0.25, 0.3) is 11.1 Å². The van der Waals surface area contributed by atoms with Gasteiger partial charge in [0.15, 0.2) is 0 Å². The van der Waals surface area contributed by atoms with E-state index >= 15 is 0 Å². The molecule has 24 heavy (non-hydrogen) atoms. The summed E-state index contributed by atoms with van der Waals surface area (Å²) in [5.41, 5.74) is -6.80. The molecule has 2 aromatic rings. The molecular weight excluding hydrogens is 344 g/mol. The van der Waals surface area contributed by atoms with Crippen LogP contribution in [-0.2, 0) is 12.4 Å². The van der Waals surface area contributed by atoms with Gasteiger partial charge in [-0.2, -0.15) is 26.3 Å². The largest absolute Gasteiger partial charge is 0.508 e. The summed E-state index contributed by atoms with van der Waals surface area (Å²) < 4.78 is 79.2. The number of phenols is 1. The number of alkyl halides is 6. The standard InChI is InChI=1S/C14H7F6NO3/c15-13(16,17)10-5-8(21(23)24)6-11(14(18,19)20)12(10)7-2-1-3-9(22)4-7/h1-6,22H. The van der Waals surface area contributed by atoms with E-state index in [4.69, 9.17) is 0 Å². The SMILES string of the molecule is O=[N+]([O-])c1cc(C(F)(F)F)c(-c2cccc(O)c2)c(C(F)(F)F)c1. The third kappa shape index (κ3) is 3.42. The van der Waals surface area contributed by atoms with Gasteiger partial charge in [-0.3, -0.25) is 10.1 Å². The van der Waals surface area contributed by atoms with Crippen molar-refractivity contribution in [2.75, 3.05) is 0 Å². The highest BCUT2D eigenvalue weighted by molar-refractivity contribution is 5.75. The number of phenolic OH excluding ortho intramolecular Hbond substituents is 1. The number of nitrogens with zero attached hydrogens (tertiary/aromatic N) is 1. The Morgan fingerprint density at radius 3 is 1.79 bits per heavy atom. The third-order valence-corrected chi connectivity index (χ3v) is 3.08. The Labute approximate surface area is 130 Å². The van der Waals surface area contributed by atoms with Gasteiger partial charge in [0.1, 0.15) is 5.75 Å². The number of non-ortho nitro benzene ring substituents is 1. The number of aromatic hydroxyl groups is 1. The Balaban J connectivity index is 2.96. The third-order valence-electron chi connectivity index (χ3n) is 3.08. The summed E-state index contributed by atoms with van der Waals surface area (Å²) in [6.45, 7) is 0. The highest BCUT2D eigenvalue weighted by Gasteiger charge is 2.43. The molecule has 0 aliphatic rings. The molecule has 0 aliphatic carbocycles. The Morgan fingerprint density at radius 2 is 1.42 bits per heavy atom. The molecule has 1 N–H and O–H groups in total. The Morgan fingerprint density at radius 1 is 0.917 bits per heavy atom. The molecule has 0 aromatic heterocycles. The average Bonchev–Trinajstić information content (AvgIpc) is 2.43. The summed E-state index contributed by atoms with van der Waals surface area (Å²) >= 11 is 0. The Hall–Kier alpha value is -2.78. The van der Waals surface area contributed by atoms with Crippen LogP contribution in [0.5, 0.6) is 5.75 Å². The van der Waals surface area contributed by atoms with E-state index in [1.807, 2.05) is 0 Å². The number of benzene rings is 2. The average molecular weight is 351 g/mol. The summed E-state index contributed by atoms with van der Waals surface area (Å²) in [7, 11) is 0. The van der Waals surface area contributed by atoms with Crippen molar-refractivity contribution < 1.29 is 36.4 Å². The molecule has 0 saturated heterocycles. The molecule has 0 bridgehead atoms. The number of halogens is 6. The van der Waals surface area contributed by atoms with Gasteiger partial charge in [-0.05, 0) is 17.7 Å². The van der Waals surface area contributed by atoms with Crippen molar-refractivity contribution >= 4 is 5.69 Å². The van der Waals surface area contributed by atoms with Crippen molar-refractivity contribution in [3.63, 3.8) is 0 Å². The van der Waals surface area contributed by atoms with Gasteiger partial charge in [-0.25, -0.2) is 0 Å². The fourth-order valence-corrected chi connectivity index (χ4v) is 2.15. The first-order valence-electron chi connectivity index (χ1n) is 6.17. The molecule has 2 aromatic carbocycles. The van der Waals surface area contributed by atoms with Crippen LogP contribution < -0.4 is 0 Å². The van der Waals surface area contributed by atoms with Gasteiger partial charge >= 0.3 is 12.4 Å². The van der Waals surface area contributed by atoms with Gasteiger partial charge < -0.3 is 5.11 Å². The van der Waals surface area contributed by atoms with Crippen LogP contribution >= 0.6 is 0 Å². The van der Waals surface area contributed by atoms with Crippen LogP contribution in [0.3, 0.4) is 0 Å². The zero-order chi connectivity index (χ0) is 18.3. The molecule has 0 atom stereocenters. The molecule has 0 spiro atoms. The van der Waals surface area contributed by atoms with Crippen LogP contribution in [0.2, 0.25) is 0 Å². The van der Waals surface area contributed by atoms with Crippen molar-refractivity contribution in [3.8, 4) is 16.9 Å². The fourth-order valence-electron chi connectivity index (χ4n) is 2.15. The number of rotatable bonds is 2. The normalized spacial score (nSPS) is 12.2. The van der Waals surface area contributed by atoms with Crippen molar-refractivity contribution in [2.45, 2.75) is 12.4 Å². The molecule has 4 nitrogen and oxygen atoms in total. The predicted octanol–water partition coefficient (Wildman–Crippen LogP) is 5.01. The Bertz CT molecular complexity index is 763. The molecule has 0 amide bonds.